The summed E-state index contributed by atoms with van der Waals surface area (Å²) >= 11 is 0. The highest BCUT2D eigenvalue weighted by Crippen LogP contribution is 2.14. The number of hydrogen-bond donors (Lipinski definition) is 3. The first-order valence-electron chi connectivity index (χ1n) is 7.39. The zero-order valence-electron chi connectivity index (χ0n) is 12.1. The van der Waals surface area contributed by atoms with Gasteiger partial charge in [-0.25, -0.2) is 4.98 Å². The lowest BCUT2D eigenvalue weighted by Crippen LogP contribution is -2.43. The minimum absolute atomic E-state index is 0.0568. The van der Waals surface area contributed by atoms with Crippen molar-refractivity contribution in [3.8, 4) is 0 Å². The van der Waals surface area contributed by atoms with Gasteiger partial charge in [-0.3, -0.25) is 9.59 Å². The monoisotopic (exact) mass is 298 g/mol. The van der Waals surface area contributed by atoms with Crippen LogP contribution in [0.3, 0.4) is 0 Å². The van der Waals surface area contributed by atoms with Gasteiger partial charge < -0.3 is 16.0 Å². The highest BCUT2D eigenvalue weighted by molar-refractivity contribution is 5.90. The SMILES string of the molecule is O=C1CCC(C(=O)NCCNc2ccc3ccccc3n2)N1. The molecule has 0 aliphatic carbocycles. The average Bonchev–Trinajstić information content (AvgIpc) is 2.98. The number of carbonyl (C=O) groups excluding carboxylic acids is 2. The van der Waals surface area contributed by atoms with Crippen molar-refractivity contribution in [2.45, 2.75) is 18.9 Å². The summed E-state index contributed by atoms with van der Waals surface area (Å²) in [5, 5.41) is 9.73. The zero-order chi connectivity index (χ0) is 15.4. The predicted molar refractivity (Wildman–Crippen MR) is 84.4 cm³/mol. The maximum Gasteiger partial charge on any atom is 0.242 e. The molecule has 1 aliphatic heterocycles. The smallest absolute Gasteiger partial charge is 0.242 e. The van der Waals surface area contributed by atoms with Gasteiger partial charge in [0, 0.05) is 24.9 Å². The fourth-order valence-electron chi connectivity index (χ4n) is 2.47. The molecule has 22 heavy (non-hydrogen) atoms. The van der Waals surface area contributed by atoms with Crippen LogP contribution in [-0.2, 0) is 9.59 Å². The first-order valence-corrected chi connectivity index (χ1v) is 7.39. The van der Waals surface area contributed by atoms with Gasteiger partial charge in [-0.1, -0.05) is 18.2 Å². The van der Waals surface area contributed by atoms with E-state index < -0.39 is 0 Å². The van der Waals surface area contributed by atoms with Crippen molar-refractivity contribution in [2.75, 3.05) is 18.4 Å². The lowest BCUT2D eigenvalue weighted by molar-refractivity contribution is -0.125. The number of nitrogens with one attached hydrogen (secondary N) is 3. The van der Waals surface area contributed by atoms with Crippen molar-refractivity contribution in [2.24, 2.45) is 0 Å². The Morgan fingerprint density at radius 1 is 1.23 bits per heavy atom. The highest BCUT2D eigenvalue weighted by Gasteiger charge is 2.26. The van der Waals surface area contributed by atoms with Crippen LogP contribution in [0.2, 0.25) is 0 Å². The molecular weight excluding hydrogens is 280 g/mol. The van der Waals surface area contributed by atoms with Gasteiger partial charge >= 0.3 is 0 Å². The van der Waals surface area contributed by atoms with Crippen molar-refractivity contribution in [1.29, 1.82) is 0 Å². The lowest BCUT2D eigenvalue weighted by atomic mass is 10.2. The van der Waals surface area contributed by atoms with E-state index in [1.807, 2.05) is 36.4 Å². The molecule has 2 aromatic rings. The molecule has 1 aromatic heterocycles. The Hall–Kier alpha value is -2.63. The molecule has 0 spiro atoms. The third-order valence-electron chi connectivity index (χ3n) is 3.64. The van der Waals surface area contributed by atoms with Gasteiger partial charge in [0.25, 0.3) is 0 Å². The van der Waals surface area contributed by atoms with Crippen LogP contribution in [0.1, 0.15) is 12.8 Å². The molecule has 2 heterocycles. The summed E-state index contributed by atoms with van der Waals surface area (Å²) < 4.78 is 0. The molecule has 3 rings (SSSR count). The van der Waals surface area contributed by atoms with E-state index in [-0.39, 0.29) is 17.9 Å². The number of aromatic nitrogens is 1. The Kier molecular flexibility index (Phi) is 4.18. The molecule has 0 radical (unpaired) electrons. The van der Waals surface area contributed by atoms with Crippen LogP contribution in [-0.4, -0.2) is 35.9 Å². The number of hydrogen-bond acceptors (Lipinski definition) is 4. The van der Waals surface area contributed by atoms with Gasteiger partial charge in [0.1, 0.15) is 11.9 Å². The molecule has 1 saturated heterocycles. The van der Waals surface area contributed by atoms with Gasteiger partial charge in [0.15, 0.2) is 0 Å². The van der Waals surface area contributed by atoms with Crippen molar-refractivity contribution >= 4 is 28.5 Å². The van der Waals surface area contributed by atoms with Gasteiger partial charge in [-0.2, -0.15) is 0 Å². The number of para-hydroxylation sites is 1. The van der Waals surface area contributed by atoms with E-state index >= 15 is 0 Å². The Morgan fingerprint density at radius 3 is 2.91 bits per heavy atom. The second kappa shape index (κ2) is 6.43. The molecule has 114 valence electrons. The molecule has 0 saturated carbocycles. The summed E-state index contributed by atoms with van der Waals surface area (Å²) in [6.07, 6.45) is 1.00. The van der Waals surface area contributed by atoms with Crippen molar-refractivity contribution in [3.05, 3.63) is 36.4 Å². The topological polar surface area (TPSA) is 83.1 Å². The molecule has 1 aliphatic rings. The quantitative estimate of drug-likeness (QED) is 0.720. The van der Waals surface area contributed by atoms with Crippen LogP contribution in [0, 0.1) is 0 Å². The molecule has 0 bridgehead atoms. The average molecular weight is 298 g/mol. The summed E-state index contributed by atoms with van der Waals surface area (Å²) in [6, 6.07) is 11.5. The van der Waals surface area contributed by atoms with E-state index in [2.05, 4.69) is 20.9 Å². The Morgan fingerprint density at radius 2 is 2.09 bits per heavy atom. The van der Waals surface area contributed by atoms with E-state index in [4.69, 9.17) is 0 Å². The first-order chi connectivity index (χ1) is 10.7. The minimum atomic E-state index is -0.383. The fourth-order valence-corrected chi connectivity index (χ4v) is 2.47. The maximum absolute atomic E-state index is 11.8. The number of benzene rings is 1. The molecule has 6 nitrogen and oxygen atoms in total. The van der Waals surface area contributed by atoms with Crippen LogP contribution in [0.4, 0.5) is 5.82 Å². The Labute approximate surface area is 128 Å². The number of nitrogens with zero attached hydrogens (tertiary/aromatic N) is 1. The van der Waals surface area contributed by atoms with Crippen molar-refractivity contribution in [1.82, 2.24) is 15.6 Å². The first kappa shape index (κ1) is 14.3. The molecule has 6 heteroatoms. The van der Waals surface area contributed by atoms with E-state index in [1.165, 1.54) is 0 Å². The van der Waals surface area contributed by atoms with Crippen molar-refractivity contribution < 1.29 is 9.59 Å². The molecule has 1 atom stereocenters. The molecular formula is C16H18N4O2. The predicted octanol–water partition coefficient (Wildman–Crippen LogP) is 1.04. The fraction of sp³-hybridized carbons (Fsp3) is 0.312. The second-order valence-electron chi connectivity index (χ2n) is 5.27. The van der Waals surface area contributed by atoms with Crippen LogP contribution in [0.5, 0.6) is 0 Å². The minimum Gasteiger partial charge on any atom is -0.368 e. The number of anilines is 1. The number of fused-ring (bicyclic) bond motifs is 1. The van der Waals surface area contributed by atoms with Crippen LogP contribution in [0.25, 0.3) is 10.9 Å². The number of rotatable bonds is 5. The highest BCUT2D eigenvalue weighted by atomic mass is 16.2. The third kappa shape index (κ3) is 3.33. The van der Waals surface area contributed by atoms with Crippen LogP contribution < -0.4 is 16.0 Å². The standard InChI is InChI=1S/C16H18N4O2/c21-15-8-6-13(20-15)16(22)18-10-9-17-14-7-5-11-3-1-2-4-12(11)19-14/h1-5,7,13H,6,8-10H2,(H,17,19)(H,18,22)(H,20,21). The molecule has 1 aromatic carbocycles. The third-order valence-corrected chi connectivity index (χ3v) is 3.64. The van der Waals surface area contributed by atoms with Crippen molar-refractivity contribution in [3.63, 3.8) is 0 Å². The zero-order valence-corrected chi connectivity index (χ0v) is 12.1. The number of amides is 2. The number of pyridine rings is 1. The summed E-state index contributed by atoms with van der Waals surface area (Å²) in [7, 11) is 0. The molecule has 1 fully saturated rings. The van der Waals surface area contributed by atoms with Gasteiger partial charge in [0.2, 0.25) is 11.8 Å². The summed E-state index contributed by atoms with van der Waals surface area (Å²) in [5.41, 5.74) is 0.935. The van der Waals surface area contributed by atoms with Gasteiger partial charge in [-0.15, -0.1) is 0 Å². The van der Waals surface area contributed by atoms with E-state index in [0.29, 0.717) is 25.9 Å². The summed E-state index contributed by atoms with van der Waals surface area (Å²) in [5.74, 6) is 0.597. The summed E-state index contributed by atoms with van der Waals surface area (Å²) in [6.45, 7) is 1.07. The second-order valence-corrected chi connectivity index (χ2v) is 5.27. The van der Waals surface area contributed by atoms with Gasteiger partial charge in [-0.05, 0) is 24.6 Å². The number of carbonyl (C=O) groups is 2. The van der Waals surface area contributed by atoms with Crippen LogP contribution >= 0.6 is 0 Å². The summed E-state index contributed by atoms with van der Waals surface area (Å²) in [4.78, 5) is 27.4. The Balaban J connectivity index is 1.46. The molecule has 1 unspecified atom stereocenters. The van der Waals surface area contributed by atoms with Gasteiger partial charge in [0.05, 0.1) is 5.52 Å². The largest absolute Gasteiger partial charge is 0.368 e. The maximum atomic E-state index is 11.8. The van der Waals surface area contributed by atoms with E-state index in [1.54, 1.807) is 0 Å². The molecule has 2 amide bonds. The van der Waals surface area contributed by atoms with E-state index in [0.717, 1.165) is 16.7 Å². The molecule has 3 N–H and O–H groups in total. The van der Waals surface area contributed by atoms with E-state index in [9.17, 15) is 9.59 Å². The normalized spacial score (nSPS) is 17.3. The Bertz CT molecular complexity index is 701. The lowest BCUT2D eigenvalue weighted by Gasteiger charge is -2.11. The van der Waals surface area contributed by atoms with Crippen LogP contribution in [0.15, 0.2) is 36.4 Å².